The Labute approximate surface area is 102 Å². The molecule has 6 heteroatoms. The maximum Gasteiger partial charge on any atom is 0.126 e. The van der Waals surface area contributed by atoms with Gasteiger partial charge in [0, 0.05) is 17.2 Å². The molecule has 84 valence electrons. The highest BCUT2D eigenvalue weighted by Gasteiger charge is 1.98. The summed E-state index contributed by atoms with van der Waals surface area (Å²) in [6.07, 6.45) is 3.50. The third-order valence-corrected chi connectivity index (χ3v) is 2.98. The van der Waals surface area contributed by atoms with Gasteiger partial charge < -0.3 is 5.32 Å². The van der Waals surface area contributed by atoms with E-state index in [1.807, 2.05) is 25.3 Å². The van der Waals surface area contributed by atoms with E-state index in [-0.39, 0.29) is 0 Å². The standard InChI is InChI=1S/C10H12BrN5/c1-8-9(11)2-3-10(14-8)12-4-6-16-7-5-13-15-16/h2-3,5,7H,4,6H2,1H3,(H,12,14). The Balaban J connectivity index is 1.87. The summed E-state index contributed by atoms with van der Waals surface area (Å²) in [5, 5.41) is 10.8. The van der Waals surface area contributed by atoms with Gasteiger partial charge in [-0.2, -0.15) is 0 Å². The zero-order valence-electron chi connectivity index (χ0n) is 8.89. The Morgan fingerprint density at radius 2 is 2.31 bits per heavy atom. The lowest BCUT2D eigenvalue weighted by Crippen LogP contribution is -2.12. The summed E-state index contributed by atoms with van der Waals surface area (Å²) in [6, 6.07) is 3.93. The summed E-state index contributed by atoms with van der Waals surface area (Å²) >= 11 is 3.42. The van der Waals surface area contributed by atoms with E-state index in [4.69, 9.17) is 0 Å². The van der Waals surface area contributed by atoms with Crippen LogP contribution in [0.4, 0.5) is 5.82 Å². The van der Waals surface area contributed by atoms with Crippen LogP contribution in [0.1, 0.15) is 5.69 Å². The van der Waals surface area contributed by atoms with Gasteiger partial charge in [0.05, 0.1) is 18.4 Å². The molecule has 2 aromatic rings. The summed E-state index contributed by atoms with van der Waals surface area (Å²) in [4.78, 5) is 4.39. The zero-order chi connectivity index (χ0) is 11.4. The second kappa shape index (κ2) is 5.07. The van der Waals surface area contributed by atoms with Crippen molar-refractivity contribution in [1.82, 2.24) is 20.0 Å². The molecule has 0 aromatic carbocycles. The molecule has 0 amide bonds. The number of aryl methyl sites for hydroxylation is 1. The smallest absolute Gasteiger partial charge is 0.126 e. The molecule has 0 spiro atoms. The lowest BCUT2D eigenvalue weighted by Gasteiger charge is -2.06. The minimum Gasteiger partial charge on any atom is -0.368 e. The van der Waals surface area contributed by atoms with Gasteiger partial charge in [0.1, 0.15) is 5.82 Å². The van der Waals surface area contributed by atoms with Crippen LogP contribution in [-0.4, -0.2) is 26.5 Å². The van der Waals surface area contributed by atoms with Crippen molar-refractivity contribution in [2.75, 3.05) is 11.9 Å². The largest absolute Gasteiger partial charge is 0.368 e. The first kappa shape index (κ1) is 11.1. The van der Waals surface area contributed by atoms with Crippen LogP contribution in [0.2, 0.25) is 0 Å². The van der Waals surface area contributed by atoms with Gasteiger partial charge in [-0.1, -0.05) is 5.21 Å². The third kappa shape index (κ3) is 2.79. The molecule has 0 fully saturated rings. The van der Waals surface area contributed by atoms with E-state index >= 15 is 0 Å². The fraction of sp³-hybridized carbons (Fsp3) is 0.300. The molecule has 0 saturated heterocycles. The Kier molecular flexibility index (Phi) is 3.51. The topological polar surface area (TPSA) is 55.6 Å². The van der Waals surface area contributed by atoms with Gasteiger partial charge in [0.25, 0.3) is 0 Å². The molecule has 2 rings (SSSR count). The maximum absolute atomic E-state index is 4.39. The second-order valence-corrected chi connectivity index (χ2v) is 4.21. The number of nitrogens with one attached hydrogen (secondary N) is 1. The van der Waals surface area contributed by atoms with Gasteiger partial charge in [-0.25, -0.2) is 4.98 Å². The van der Waals surface area contributed by atoms with Crippen molar-refractivity contribution >= 4 is 21.7 Å². The van der Waals surface area contributed by atoms with Crippen molar-refractivity contribution in [3.8, 4) is 0 Å². The van der Waals surface area contributed by atoms with Crippen molar-refractivity contribution < 1.29 is 0 Å². The number of anilines is 1. The molecule has 0 bridgehead atoms. The number of nitrogens with zero attached hydrogens (tertiary/aromatic N) is 4. The Morgan fingerprint density at radius 1 is 1.44 bits per heavy atom. The van der Waals surface area contributed by atoms with E-state index in [0.717, 1.165) is 29.1 Å². The third-order valence-electron chi connectivity index (χ3n) is 2.14. The van der Waals surface area contributed by atoms with E-state index in [9.17, 15) is 0 Å². The Morgan fingerprint density at radius 3 is 3.00 bits per heavy atom. The van der Waals surface area contributed by atoms with Crippen molar-refractivity contribution in [2.24, 2.45) is 0 Å². The molecule has 0 aliphatic heterocycles. The van der Waals surface area contributed by atoms with Crippen LogP contribution in [0, 0.1) is 6.92 Å². The van der Waals surface area contributed by atoms with Gasteiger partial charge in [-0.05, 0) is 35.0 Å². The highest BCUT2D eigenvalue weighted by molar-refractivity contribution is 9.10. The van der Waals surface area contributed by atoms with Gasteiger partial charge in [-0.3, -0.25) is 4.68 Å². The van der Waals surface area contributed by atoms with Crippen LogP contribution in [0.15, 0.2) is 29.0 Å². The number of halogens is 1. The van der Waals surface area contributed by atoms with E-state index in [1.54, 1.807) is 10.9 Å². The van der Waals surface area contributed by atoms with Crippen LogP contribution in [-0.2, 0) is 6.54 Å². The maximum atomic E-state index is 4.39. The molecule has 1 N–H and O–H groups in total. The highest BCUT2D eigenvalue weighted by atomic mass is 79.9. The van der Waals surface area contributed by atoms with E-state index in [1.165, 1.54) is 0 Å². The molecule has 16 heavy (non-hydrogen) atoms. The predicted molar refractivity (Wildman–Crippen MR) is 65.2 cm³/mol. The minimum absolute atomic E-state index is 0.775. The summed E-state index contributed by atoms with van der Waals surface area (Å²) in [6.45, 7) is 3.51. The van der Waals surface area contributed by atoms with Crippen LogP contribution < -0.4 is 5.32 Å². The van der Waals surface area contributed by atoms with E-state index in [0.29, 0.717) is 0 Å². The molecule has 0 saturated carbocycles. The molecule has 0 unspecified atom stereocenters. The van der Waals surface area contributed by atoms with Gasteiger partial charge in [-0.15, -0.1) is 5.10 Å². The molecule has 0 aliphatic carbocycles. The number of rotatable bonds is 4. The lowest BCUT2D eigenvalue weighted by atomic mass is 10.4. The van der Waals surface area contributed by atoms with Crippen molar-refractivity contribution in [1.29, 1.82) is 0 Å². The van der Waals surface area contributed by atoms with Crippen LogP contribution in [0.25, 0.3) is 0 Å². The number of hydrogen-bond acceptors (Lipinski definition) is 4. The number of pyridine rings is 1. The molecular formula is C10H12BrN5. The predicted octanol–water partition coefficient (Wildman–Crippen LogP) is 1.86. The number of aromatic nitrogens is 4. The molecule has 0 atom stereocenters. The monoisotopic (exact) mass is 281 g/mol. The van der Waals surface area contributed by atoms with Gasteiger partial charge >= 0.3 is 0 Å². The molecule has 2 aromatic heterocycles. The number of hydrogen-bond donors (Lipinski definition) is 1. The molecule has 5 nitrogen and oxygen atoms in total. The zero-order valence-corrected chi connectivity index (χ0v) is 10.5. The normalized spacial score (nSPS) is 10.4. The van der Waals surface area contributed by atoms with Crippen molar-refractivity contribution in [2.45, 2.75) is 13.5 Å². The first-order chi connectivity index (χ1) is 7.75. The van der Waals surface area contributed by atoms with Crippen LogP contribution in [0.3, 0.4) is 0 Å². The Bertz CT molecular complexity index is 454. The quantitative estimate of drug-likeness (QED) is 0.930. The van der Waals surface area contributed by atoms with Gasteiger partial charge in [0.2, 0.25) is 0 Å². The minimum atomic E-state index is 0.775. The fourth-order valence-electron chi connectivity index (χ4n) is 1.29. The summed E-state index contributed by atoms with van der Waals surface area (Å²) in [5.74, 6) is 0.876. The van der Waals surface area contributed by atoms with Crippen molar-refractivity contribution in [3.63, 3.8) is 0 Å². The van der Waals surface area contributed by atoms with Crippen LogP contribution in [0.5, 0.6) is 0 Å². The first-order valence-corrected chi connectivity index (χ1v) is 5.76. The second-order valence-electron chi connectivity index (χ2n) is 3.36. The molecule has 0 radical (unpaired) electrons. The Hall–Kier alpha value is -1.43. The molecule has 2 heterocycles. The summed E-state index contributed by atoms with van der Waals surface area (Å²) in [5.41, 5.74) is 0.978. The fourth-order valence-corrected chi connectivity index (χ4v) is 1.51. The van der Waals surface area contributed by atoms with E-state index < -0.39 is 0 Å². The van der Waals surface area contributed by atoms with Crippen LogP contribution >= 0.6 is 15.9 Å². The SMILES string of the molecule is Cc1nc(NCCn2ccnn2)ccc1Br. The summed E-state index contributed by atoms with van der Waals surface area (Å²) < 4.78 is 2.80. The average molecular weight is 282 g/mol. The highest BCUT2D eigenvalue weighted by Crippen LogP contribution is 2.15. The first-order valence-electron chi connectivity index (χ1n) is 4.97. The van der Waals surface area contributed by atoms with E-state index in [2.05, 4.69) is 36.5 Å². The average Bonchev–Trinajstić information content (AvgIpc) is 2.76. The molecular weight excluding hydrogens is 270 g/mol. The molecule has 0 aliphatic rings. The van der Waals surface area contributed by atoms with Crippen molar-refractivity contribution in [3.05, 3.63) is 34.7 Å². The lowest BCUT2D eigenvalue weighted by molar-refractivity contribution is 0.608. The van der Waals surface area contributed by atoms with Gasteiger partial charge in [0.15, 0.2) is 0 Å². The summed E-state index contributed by atoms with van der Waals surface area (Å²) in [7, 11) is 0.